The van der Waals surface area contributed by atoms with Crippen LogP contribution in [-0.4, -0.2) is 25.5 Å². The normalized spacial score (nSPS) is 21.9. The molecule has 0 N–H and O–H groups in total. The van der Waals surface area contributed by atoms with Crippen LogP contribution < -0.4 is 0 Å². The zero-order valence-electron chi connectivity index (χ0n) is 7.14. The molecule has 10 heavy (non-hydrogen) atoms. The van der Waals surface area contributed by atoms with Gasteiger partial charge in [0.25, 0.3) is 0 Å². The van der Waals surface area contributed by atoms with Crippen LogP contribution in [0.3, 0.4) is 0 Å². The van der Waals surface area contributed by atoms with E-state index in [2.05, 4.69) is 25.4 Å². The molecule has 0 aliphatic heterocycles. The van der Waals surface area contributed by atoms with E-state index in [1.807, 2.05) is 0 Å². The van der Waals surface area contributed by atoms with Gasteiger partial charge in [-0.15, -0.1) is 0 Å². The van der Waals surface area contributed by atoms with Crippen molar-refractivity contribution < 1.29 is 0 Å². The molecule has 1 heteroatoms. The zero-order valence-corrected chi connectivity index (χ0v) is 7.14. The van der Waals surface area contributed by atoms with Gasteiger partial charge in [0.2, 0.25) is 0 Å². The van der Waals surface area contributed by atoms with Crippen LogP contribution in [0.5, 0.6) is 0 Å². The van der Waals surface area contributed by atoms with Crippen molar-refractivity contribution in [3.05, 3.63) is 6.42 Å². The van der Waals surface area contributed by atoms with E-state index < -0.39 is 0 Å². The second-order valence-corrected chi connectivity index (χ2v) is 3.57. The van der Waals surface area contributed by atoms with Gasteiger partial charge in [-0.2, -0.15) is 0 Å². The summed E-state index contributed by atoms with van der Waals surface area (Å²) in [7, 11) is 4.33. The van der Waals surface area contributed by atoms with Crippen LogP contribution in [0.2, 0.25) is 0 Å². The molecule has 1 fully saturated rings. The van der Waals surface area contributed by atoms with Crippen LogP contribution in [0.4, 0.5) is 0 Å². The Kier molecular flexibility index (Phi) is 3.20. The number of hydrogen-bond acceptors (Lipinski definition) is 1. The van der Waals surface area contributed by atoms with Gasteiger partial charge in [-0.1, -0.05) is 0 Å². The third-order valence-corrected chi connectivity index (χ3v) is 2.18. The molecule has 1 rings (SSSR count). The molecule has 1 radical (unpaired) electrons. The fraction of sp³-hybridized carbons (Fsp3) is 0.889. The first kappa shape index (κ1) is 8.06. The van der Waals surface area contributed by atoms with Crippen LogP contribution in [0.15, 0.2) is 0 Å². The maximum Gasteiger partial charge on any atom is 0.000356 e. The molecule has 59 valence electrons. The molecular formula is C9H18N. The van der Waals surface area contributed by atoms with Crippen LogP contribution in [0.25, 0.3) is 0 Å². The van der Waals surface area contributed by atoms with Gasteiger partial charge < -0.3 is 4.90 Å². The molecule has 1 aliphatic carbocycles. The van der Waals surface area contributed by atoms with Gasteiger partial charge >= 0.3 is 0 Å². The van der Waals surface area contributed by atoms with Gasteiger partial charge in [-0.3, -0.25) is 0 Å². The molecule has 1 aliphatic rings. The third kappa shape index (κ3) is 2.70. The summed E-state index contributed by atoms with van der Waals surface area (Å²) in [5.41, 5.74) is 0. The monoisotopic (exact) mass is 140 g/mol. The summed E-state index contributed by atoms with van der Waals surface area (Å²) in [6, 6.07) is 0. The maximum absolute atomic E-state index is 2.42. The van der Waals surface area contributed by atoms with E-state index in [1.165, 1.54) is 32.2 Å². The standard InChI is InChI=1S/C9H18N/c1-10(2)8-9-6-4-3-5-7-9/h3,9H,4-8H2,1-2H3. The molecule has 0 heterocycles. The Morgan fingerprint density at radius 1 is 1.30 bits per heavy atom. The van der Waals surface area contributed by atoms with Crippen LogP contribution >= 0.6 is 0 Å². The lowest BCUT2D eigenvalue weighted by molar-refractivity contribution is 0.283. The number of nitrogens with zero attached hydrogens (tertiary/aromatic N) is 1. The van der Waals surface area contributed by atoms with Gasteiger partial charge in [0.15, 0.2) is 0 Å². The topological polar surface area (TPSA) is 3.24 Å². The van der Waals surface area contributed by atoms with E-state index >= 15 is 0 Å². The fourth-order valence-electron chi connectivity index (χ4n) is 1.69. The van der Waals surface area contributed by atoms with E-state index in [4.69, 9.17) is 0 Å². The lowest BCUT2D eigenvalue weighted by atomic mass is 9.89. The maximum atomic E-state index is 2.42. The molecule has 0 aromatic heterocycles. The highest BCUT2D eigenvalue weighted by Crippen LogP contribution is 2.22. The first-order valence-corrected chi connectivity index (χ1v) is 4.25. The molecule has 0 aromatic carbocycles. The summed E-state index contributed by atoms with van der Waals surface area (Å²) in [5, 5.41) is 0. The molecular weight excluding hydrogens is 122 g/mol. The van der Waals surface area contributed by atoms with Crippen molar-refractivity contribution >= 4 is 0 Å². The van der Waals surface area contributed by atoms with E-state index in [9.17, 15) is 0 Å². The van der Waals surface area contributed by atoms with Crippen molar-refractivity contribution in [2.75, 3.05) is 20.6 Å². The van der Waals surface area contributed by atoms with Crippen molar-refractivity contribution in [1.82, 2.24) is 4.90 Å². The quantitative estimate of drug-likeness (QED) is 0.566. The van der Waals surface area contributed by atoms with Crippen molar-refractivity contribution in [3.63, 3.8) is 0 Å². The molecule has 0 atom stereocenters. The molecule has 0 aromatic rings. The summed E-state index contributed by atoms with van der Waals surface area (Å²) < 4.78 is 0. The fourth-order valence-corrected chi connectivity index (χ4v) is 1.69. The lowest BCUT2D eigenvalue weighted by Gasteiger charge is -2.24. The van der Waals surface area contributed by atoms with Crippen LogP contribution in [0.1, 0.15) is 25.7 Å². The minimum Gasteiger partial charge on any atom is -0.309 e. The summed E-state index contributed by atoms with van der Waals surface area (Å²) in [6.07, 6.45) is 7.94. The van der Waals surface area contributed by atoms with Crippen molar-refractivity contribution in [1.29, 1.82) is 0 Å². The average Bonchev–Trinajstić information content (AvgIpc) is 1.88. The van der Waals surface area contributed by atoms with Crippen LogP contribution in [-0.2, 0) is 0 Å². The highest BCUT2D eigenvalue weighted by Gasteiger charge is 2.13. The van der Waals surface area contributed by atoms with Gasteiger partial charge in [-0.05, 0) is 52.1 Å². The molecule has 0 amide bonds. The Morgan fingerprint density at radius 2 is 1.90 bits per heavy atom. The SMILES string of the molecule is CN(C)CC1CC[CH]CC1. The number of hydrogen-bond donors (Lipinski definition) is 0. The Bertz CT molecular complexity index is 82.7. The van der Waals surface area contributed by atoms with Gasteiger partial charge in [0, 0.05) is 6.54 Å². The lowest BCUT2D eigenvalue weighted by Crippen LogP contribution is -2.23. The van der Waals surface area contributed by atoms with E-state index in [0.29, 0.717) is 0 Å². The highest BCUT2D eigenvalue weighted by molar-refractivity contribution is 4.77. The Labute approximate surface area is 64.4 Å². The molecule has 0 saturated heterocycles. The van der Waals surface area contributed by atoms with E-state index in [-0.39, 0.29) is 0 Å². The smallest absolute Gasteiger partial charge is 0.000356 e. The average molecular weight is 140 g/mol. The largest absolute Gasteiger partial charge is 0.309 e. The second kappa shape index (κ2) is 3.97. The van der Waals surface area contributed by atoms with E-state index in [1.54, 1.807) is 0 Å². The summed E-state index contributed by atoms with van der Waals surface area (Å²) in [5.74, 6) is 0.972. The molecule has 1 saturated carbocycles. The highest BCUT2D eigenvalue weighted by atomic mass is 15.1. The van der Waals surface area contributed by atoms with Gasteiger partial charge in [-0.25, -0.2) is 0 Å². The van der Waals surface area contributed by atoms with Crippen molar-refractivity contribution in [2.45, 2.75) is 25.7 Å². The molecule has 0 bridgehead atoms. The van der Waals surface area contributed by atoms with Gasteiger partial charge in [0.05, 0.1) is 0 Å². The van der Waals surface area contributed by atoms with E-state index in [0.717, 1.165) is 5.92 Å². The van der Waals surface area contributed by atoms with Crippen molar-refractivity contribution in [2.24, 2.45) is 5.92 Å². The minimum absolute atomic E-state index is 0.972. The first-order valence-electron chi connectivity index (χ1n) is 4.25. The van der Waals surface area contributed by atoms with Gasteiger partial charge in [0.1, 0.15) is 0 Å². The van der Waals surface area contributed by atoms with Crippen molar-refractivity contribution in [3.8, 4) is 0 Å². The Balaban J connectivity index is 2.13. The third-order valence-electron chi connectivity index (χ3n) is 2.18. The Morgan fingerprint density at radius 3 is 2.40 bits per heavy atom. The predicted molar refractivity (Wildman–Crippen MR) is 44.8 cm³/mol. The van der Waals surface area contributed by atoms with Crippen LogP contribution in [0, 0.1) is 12.3 Å². The Hall–Kier alpha value is -0.0400. The molecule has 1 nitrogen and oxygen atoms in total. The molecule has 0 spiro atoms. The summed E-state index contributed by atoms with van der Waals surface area (Å²) >= 11 is 0. The first-order chi connectivity index (χ1) is 4.79. The minimum atomic E-state index is 0.972. The molecule has 0 unspecified atom stereocenters. The summed E-state index contributed by atoms with van der Waals surface area (Å²) in [4.78, 5) is 2.30. The second-order valence-electron chi connectivity index (χ2n) is 3.57. The summed E-state index contributed by atoms with van der Waals surface area (Å²) in [6.45, 7) is 1.29. The predicted octanol–water partition coefficient (Wildman–Crippen LogP) is 1.94. The zero-order chi connectivity index (χ0) is 7.40. The number of rotatable bonds is 2.